The second-order valence-corrected chi connectivity index (χ2v) is 11.9. The van der Waals surface area contributed by atoms with Gasteiger partial charge in [0.2, 0.25) is 0 Å². The van der Waals surface area contributed by atoms with E-state index in [4.69, 9.17) is 59.3 Å². The number of carboxylic acid groups (broad SMARTS) is 5. The van der Waals surface area contributed by atoms with Crippen LogP contribution >= 0.6 is 24.4 Å². The van der Waals surface area contributed by atoms with Gasteiger partial charge in [0.25, 0.3) is 0 Å². The van der Waals surface area contributed by atoms with Gasteiger partial charge in [0.1, 0.15) is 30.2 Å². The molecule has 0 aliphatic heterocycles. The number of carboxylic acids is 5. The van der Waals surface area contributed by atoms with Crippen molar-refractivity contribution in [1.82, 2.24) is 4.98 Å². The highest BCUT2D eigenvalue weighted by atomic mass is 32.2. The molecule has 48 heavy (non-hydrogen) atoms. The van der Waals surface area contributed by atoms with E-state index in [-0.39, 0.29) is 5.75 Å². The van der Waals surface area contributed by atoms with Crippen molar-refractivity contribution in [2.75, 3.05) is 17.8 Å². The molecule has 1 aromatic carbocycles. The number of nitrogens with two attached hydrogens (primary N) is 5. The van der Waals surface area contributed by atoms with E-state index in [1.807, 2.05) is 50.6 Å². The third-order valence-electron chi connectivity index (χ3n) is 5.74. The normalized spacial score (nSPS) is 13.9. The van der Waals surface area contributed by atoms with Crippen LogP contribution in [-0.2, 0) is 30.4 Å². The molecule has 17 N–H and O–H groups in total. The Labute approximate surface area is 289 Å². The molecular weight excluding hydrogens is 672 g/mol. The summed E-state index contributed by atoms with van der Waals surface area (Å²) >= 11 is 5.25. The topological polar surface area (TPSA) is 353 Å². The van der Waals surface area contributed by atoms with Crippen molar-refractivity contribution in [2.45, 2.75) is 76.3 Å². The highest BCUT2D eigenvalue weighted by Gasteiger charge is 2.16. The molecule has 0 radical (unpaired) electrons. The number of nitrogens with one attached hydrogen (secondary N) is 1. The Balaban J connectivity index is -0.000000547. The number of fused-ring (bicyclic) bond motifs is 1. The molecule has 0 saturated heterocycles. The Bertz CT molecular complexity index is 1230. The van der Waals surface area contributed by atoms with Gasteiger partial charge in [-0.05, 0) is 49.3 Å². The van der Waals surface area contributed by atoms with Crippen LogP contribution in [0.25, 0.3) is 10.9 Å². The quantitative estimate of drug-likeness (QED) is 0.112. The highest BCUT2D eigenvalue weighted by molar-refractivity contribution is 7.98. The molecule has 0 saturated carbocycles. The molecule has 6 atom stereocenters. The molecule has 1 aromatic heterocycles. The first-order chi connectivity index (χ1) is 22.1. The summed E-state index contributed by atoms with van der Waals surface area (Å²) in [7, 11) is 0. The maximum Gasteiger partial charge on any atom is 0.323 e. The van der Waals surface area contributed by atoms with Crippen LogP contribution in [0.4, 0.5) is 0 Å². The first-order valence-corrected chi connectivity index (χ1v) is 16.4. The third kappa shape index (κ3) is 24.7. The van der Waals surface area contributed by atoms with Gasteiger partial charge >= 0.3 is 29.8 Å². The van der Waals surface area contributed by atoms with E-state index < -0.39 is 66.2 Å². The molecule has 0 aliphatic carbocycles. The lowest BCUT2D eigenvalue weighted by Gasteiger charge is -2.07. The van der Waals surface area contributed by atoms with Gasteiger partial charge in [-0.1, -0.05) is 32.0 Å². The van der Waals surface area contributed by atoms with Gasteiger partial charge in [-0.15, -0.1) is 0 Å². The summed E-state index contributed by atoms with van der Waals surface area (Å²) in [6.07, 6.45) is 4.21. The predicted molar refractivity (Wildman–Crippen MR) is 188 cm³/mol. The second kappa shape index (κ2) is 27.5. The number of aliphatic hydroxyl groups excluding tert-OH is 1. The number of benzene rings is 1. The Morgan fingerprint density at radius 1 is 0.771 bits per heavy atom. The number of H-pyrrole nitrogens is 1. The first kappa shape index (κ1) is 49.0. The lowest BCUT2D eigenvalue weighted by molar-refractivity contribution is -0.141. The summed E-state index contributed by atoms with van der Waals surface area (Å²) in [6.45, 7) is 5.23. The van der Waals surface area contributed by atoms with E-state index >= 15 is 0 Å². The zero-order chi connectivity index (χ0) is 38.1. The van der Waals surface area contributed by atoms with Crippen molar-refractivity contribution in [3.05, 3.63) is 36.0 Å². The summed E-state index contributed by atoms with van der Waals surface area (Å²) in [6, 6.07) is 3.57. The van der Waals surface area contributed by atoms with E-state index in [0.29, 0.717) is 25.2 Å². The van der Waals surface area contributed by atoms with Gasteiger partial charge in [-0.2, -0.15) is 24.4 Å². The van der Waals surface area contributed by atoms with Crippen molar-refractivity contribution in [1.29, 1.82) is 0 Å². The number of para-hydroxylation sites is 1. The van der Waals surface area contributed by atoms with Crippen LogP contribution in [0.1, 0.15) is 39.2 Å². The maximum atomic E-state index is 10.6. The monoisotopic (exact) mass is 724 g/mol. The van der Waals surface area contributed by atoms with Crippen LogP contribution in [-0.4, -0.2) is 120 Å². The van der Waals surface area contributed by atoms with Gasteiger partial charge in [0.05, 0.1) is 6.10 Å². The molecule has 0 aliphatic rings. The SMILES string of the molecule is CC(C)CC(N)C(=O)O.CC(O)C(N)C(=O)O.CSCCC(N)C(=O)O.NC(CS)C(=O)O.NC(Cc1c[nH]c2ccccc12)C(=O)O. The highest BCUT2D eigenvalue weighted by Crippen LogP contribution is 2.18. The second-order valence-electron chi connectivity index (χ2n) is 10.5. The largest absolute Gasteiger partial charge is 0.480 e. The lowest BCUT2D eigenvalue weighted by Crippen LogP contribution is -2.39. The number of thiol groups is 1. The van der Waals surface area contributed by atoms with Crippen LogP contribution in [0.3, 0.4) is 0 Å². The van der Waals surface area contributed by atoms with E-state index in [2.05, 4.69) is 17.6 Å². The number of rotatable bonds is 14. The molecule has 276 valence electrons. The van der Waals surface area contributed by atoms with Crippen molar-refractivity contribution in [2.24, 2.45) is 34.6 Å². The minimum absolute atomic E-state index is 0.190. The van der Waals surface area contributed by atoms with Crippen LogP contribution < -0.4 is 28.7 Å². The Morgan fingerprint density at radius 3 is 1.56 bits per heavy atom. The average molecular weight is 725 g/mol. The maximum absolute atomic E-state index is 10.6. The molecule has 19 heteroatoms. The van der Waals surface area contributed by atoms with Crippen molar-refractivity contribution in [3.8, 4) is 0 Å². The van der Waals surface area contributed by atoms with Gasteiger partial charge < -0.3 is 64.3 Å². The number of hydrogen-bond donors (Lipinski definition) is 13. The number of aromatic nitrogens is 1. The standard InChI is InChI=1S/C11H12N2O2.C6H13NO2.C5H11NO2S.C4H9NO3.C3H7NO2S/c12-9(11(14)15)5-7-6-13-10-4-2-1-3-8(7)10;1-4(2)3-5(7)6(8)9;1-9-3-2-4(6)5(7)8;1-2(6)3(5)4(7)8;4-2(1-7)3(5)6/h1-4,6,9,13H,5,12H2,(H,14,15);4-5H,3,7H2,1-2H3,(H,8,9);4H,2-3,6H2,1H3,(H,7,8);2-3,6H,5H2,1H3,(H,7,8);2,7H,1,4H2,(H,5,6). The predicted octanol–water partition coefficient (Wildman–Crippen LogP) is -0.175. The van der Waals surface area contributed by atoms with Gasteiger partial charge in [0, 0.05) is 29.3 Å². The van der Waals surface area contributed by atoms with Crippen molar-refractivity contribution >= 4 is 65.1 Å². The number of aliphatic carboxylic acids is 5. The smallest absolute Gasteiger partial charge is 0.323 e. The molecular formula is C29H52N6O11S2. The van der Waals surface area contributed by atoms with Crippen LogP contribution in [0.5, 0.6) is 0 Å². The van der Waals surface area contributed by atoms with Gasteiger partial charge in [0.15, 0.2) is 0 Å². The number of carbonyl (C=O) groups is 5. The van der Waals surface area contributed by atoms with Crippen LogP contribution in [0.2, 0.25) is 0 Å². The molecule has 1 heterocycles. The first-order valence-electron chi connectivity index (χ1n) is 14.4. The summed E-state index contributed by atoms with van der Waals surface area (Å²) < 4.78 is 0. The molecule has 2 aromatic rings. The molecule has 6 unspecified atom stereocenters. The van der Waals surface area contributed by atoms with E-state index in [1.165, 1.54) is 6.92 Å². The summed E-state index contributed by atoms with van der Waals surface area (Å²) in [5.41, 5.74) is 27.7. The number of thioether (sulfide) groups is 1. The summed E-state index contributed by atoms with van der Waals surface area (Å²) in [5.74, 6) is -3.62. The van der Waals surface area contributed by atoms with Gasteiger partial charge in [-0.25, -0.2) is 0 Å². The lowest BCUT2D eigenvalue weighted by atomic mass is 10.1. The summed E-state index contributed by atoms with van der Waals surface area (Å²) in [4.78, 5) is 53.5. The van der Waals surface area contributed by atoms with Crippen molar-refractivity contribution < 1.29 is 54.6 Å². The third-order valence-corrected chi connectivity index (χ3v) is 6.78. The molecule has 0 spiro atoms. The van der Waals surface area contributed by atoms with E-state index in [0.717, 1.165) is 22.2 Å². The Kier molecular flexibility index (Phi) is 28.1. The number of aromatic amines is 1. The van der Waals surface area contributed by atoms with Gasteiger partial charge in [-0.3, -0.25) is 24.0 Å². The Hall–Kier alpha value is -3.43. The Morgan fingerprint density at radius 2 is 1.25 bits per heavy atom. The van der Waals surface area contributed by atoms with Crippen LogP contribution in [0.15, 0.2) is 30.5 Å². The molecule has 17 nitrogen and oxygen atoms in total. The van der Waals surface area contributed by atoms with E-state index in [9.17, 15) is 24.0 Å². The molecule has 2 rings (SSSR count). The van der Waals surface area contributed by atoms with Crippen molar-refractivity contribution in [3.63, 3.8) is 0 Å². The molecule has 0 bridgehead atoms. The van der Waals surface area contributed by atoms with E-state index in [1.54, 1.807) is 11.8 Å². The summed E-state index contributed by atoms with van der Waals surface area (Å²) in [5, 5.41) is 50.9. The minimum atomic E-state index is -1.18. The minimum Gasteiger partial charge on any atom is -0.480 e. The molecule has 0 amide bonds. The number of aliphatic hydroxyl groups is 1. The zero-order valence-electron chi connectivity index (χ0n) is 27.4. The number of hydrogen-bond acceptors (Lipinski definition) is 13. The van der Waals surface area contributed by atoms with Crippen LogP contribution in [0, 0.1) is 5.92 Å². The molecule has 0 fully saturated rings. The fraction of sp³-hybridized carbons (Fsp3) is 0.552. The fourth-order valence-corrected chi connectivity index (χ4v) is 3.53. The fourth-order valence-electron chi connectivity index (χ4n) is 2.89. The average Bonchev–Trinajstić information content (AvgIpc) is 3.42. The zero-order valence-corrected chi connectivity index (χ0v) is 29.1.